The van der Waals surface area contributed by atoms with E-state index < -0.39 is 4.92 Å². The van der Waals surface area contributed by atoms with E-state index >= 15 is 0 Å². The number of nitro groups is 1. The standard InChI is InChI=1S/C18H17FN2O3/c19-15-4-7-16(8-5-15)24-17-6-3-14(18(13-17)21(22)23)9-12-20-10-1-2-11-20/h3-9,12-13H,1-2,10-11H2/b12-9+. The maximum absolute atomic E-state index is 12.9. The second-order valence-electron chi connectivity index (χ2n) is 5.59. The molecule has 0 amide bonds. The van der Waals surface area contributed by atoms with E-state index in [4.69, 9.17) is 4.74 Å². The van der Waals surface area contributed by atoms with Gasteiger partial charge in [-0.25, -0.2) is 4.39 Å². The molecule has 3 rings (SSSR count). The molecular formula is C18H17FN2O3. The fraction of sp³-hybridized carbons (Fsp3) is 0.222. The molecule has 6 heteroatoms. The second-order valence-corrected chi connectivity index (χ2v) is 5.59. The smallest absolute Gasteiger partial charge is 0.280 e. The molecule has 0 unspecified atom stereocenters. The molecule has 0 aromatic heterocycles. The lowest BCUT2D eigenvalue weighted by Gasteiger charge is -2.10. The highest BCUT2D eigenvalue weighted by Gasteiger charge is 2.14. The number of nitrogens with zero attached hydrogens (tertiary/aromatic N) is 2. The number of benzene rings is 2. The summed E-state index contributed by atoms with van der Waals surface area (Å²) in [5, 5.41) is 11.3. The van der Waals surface area contributed by atoms with Crippen LogP contribution in [0.5, 0.6) is 11.5 Å². The van der Waals surface area contributed by atoms with E-state index in [1.54, 1.807) is 18.2 Å². The van der Waals surface area contributed by atoms with Crippen LogP contribution < -0.4 is 4.74 Å². The van der Waals surface area contributed by atoms with Crippen molar-refractivity contribution in [1.82, 2.24) is 4.90 Å². The third-order valence-electron chi connectivity index (χ3n) is 3.85. The average Bonchev–Trinajstić information content (AvgIpc) is 3.09. The van der Waals surface area contributed by atoms with Crippen LogP contribution in [-0.4, -0.2) is 22.9 Å². The Morgan fingerprint density at radius 2 is 1.75 bits per heavy atom. The Morgan fingerprint density at radius 3 is 2.42 bits per heavy atom. The van der Waals surface area contributed by atoms with E-state index in [2.05, 4.69) is 4.90 Å². The summed E-state index contributed by atoms with van der Waals surface area (Å²) in [6.45, 7) is 1.96. The van der Waals surface area contributed by atoms with Gasteiger partial charge in [-0.2, -0.15) is 0 Å². The average molecular weight is 328 g/mol. The molecule has 1 aliphatic rings. The van der Waals surface area contributed by atoms with Crippen LogP contribution in [0.25, 0.3) is 6.08 Å². The quantitative estimate of drug-likeness (QED) is 0.595. The molecule has 0 bridgehead atoms. The zero-order valence-electron chi connectivity index (χ0n) is 13.0. The van der Waals surface area contributed by atoms with Gasteiger partial charge in [0.1, 0.15) is 17.3 Å². The van der Waals surface area contributed by atoms with Crippen LogP contribution in [0.15, 0.2) is 48.7 Å². The van der Waals surface area contributed by atoms with E-state index in [1.165, 1.54) is 30.3 Å². The first kappa shape index (κ1) is 16.0. The van der Waals surface area contributed by atoms with E-state index in [1.807, 2.05) is 6.20 Å². The van der Waals surface area contributed by atoms with Crippen LogP contribution in [0.4, 0.5) is 10.1 Å². The summed E-state index contributed by atoms with van der Waals surface area (Å²) in [6, 6.07) is 10.2. The Hall–Kier alpha value is -2.89. The highest BCUT2D eigenvalue weighted by atomic mass is 19.1. The third-order valence-corrected chi connectivity index (χ3v) is 3.85. The molecule has 0 radical (unpaired) electrons. The van der Waals surface area contributed by atoms with Gasteiger partial charge in [0, 0.05) is 13.1 Å². The van der Waals surface area contributed by atoms with Gasteiger partial charge in [-0.05, 0) is 61.5 Å². The predicted octanol–water partition coefficient (Wildman–Crippen LogP) is 4.59. The van der Waals surface area contributed by atoms with Crippen molar-refractivity contribution in [2.45, 2.75) is 12.8 Å². The minimum Gasteiger partial charge on any atom is -0.457 e. The van der Waals surface area contributed by atoms with Crippen molar-refractivity contribution < 1.29 is 14.1 Å². The van der Waals surface area contributed by atoms with Gasteiger partial charge in [0.2, 0.25) is 0 Å². The van der Waals surface area contributed by atoms with Gasteiger partial charge in [0.15, 0.2) is 0 Å². The number of hydrogen-bond acceptors (Lipinski definition) is 4. The number of likely N-dealkylation sites (tertiary alicyclic amines) is 1. The molecule has 2 aromatic carbocycles. The predicted molar refractivity (Wildman–Crippen MR) is 89.4 cm³/mol. The van der Waals surface area contributed by atoms with Crippen LogP contribution in [-0.2, 0) is 0 Å². The molecule has 0 aliphatic carbocycles. The topological polar surface area (TPSA) is 55.6 Å². The highest BCUT2D eigenvalue weighted by Crippen LogP contribution is 2.29. The molecule has 2 aromatic rings. The van der Waals surface area contributed by atoms with Crippen LogP contribution in [0.1, 0.15) is 18.4 Å². The first-order chi connectivity index (χ1) is 11.6. The molecule has 1 fully saturated rings. The van der Waals surface area contributed by atoms with Crippen molar-refractivity contribution in [2.75, 3.05) is 13.1 Å². The lowest BCUT2D eigenvalue weighted by molar-refractivity contribution is -0.385. The van der Waals surface area contributed by atoms with Crippen LogP contribution in [0.3, 0.4) is 0 Å². The first-order valence-electron chi connectivity index (χ1n) is 7.76. The van der Waals surface area contributed by atoms with Gasteiger partial charge in [-0.3, -0.25) is 10.1 Å². The van der Waals surface area contributed by atoms with E-state index in [9.17, 15) is 14.5 Å². The van der Waals surface area contributed by atoms with Gasteiger partial charge in [-0.1, -0.05) is 0 Å². The summed E-state index contributed by atoms with van der Waals surface area (Å²) in [6.07, 6.45) is 5.95. The second kappa shape index (κ2) is 7.12. The first-order valence-corrected chi connectivity index (χ1v) is 7.76. The lowest BCUT2D eigenvalue weighted by atomic mass is 10.1. The SMILES string of the molecule is O=[N+]([O-])c1cc(Oc2ccc(F)cc2)ccc1/C=C/N1CCCC1. The number of halogens is 1. The minimum atomic E-state index is -0.429. The monoisotopic (exact) mass is 328 g/mol. The fourth-order valence-electron chi connectivity index (χ4n) is 2.60. The van der Waals surface area contributed by atoms with Gasteiger partial charge in [-0.15, -0.1) is 0 Å². The molecule has 1 heterocycles. The van der Waals surface area contributed by atoms with Crippen molar-refractivity contribution in [1.29, 1.82) is 0 Å². The molecule has 24 heavy (non-hydrogen) atoms. The van der Waals surface area contributed by atoms with Gasteiger partial charge in [0.05, 0.1) is 16.6 Å². The molecule has 5 nitrogen and oxygen atoms in total. The Kier molecular flexibility index (Phi) is 4.74. The largest absolute Gasteiger partial charge is 0.457 e. The Balaban J connectivity index is 1.81. The van der Waals surface area contributed by atoms with Crippen LogP contribution in [0, 0.1) is 15.9 Å². The zero-order chi connectivity index (χ0) is 16.9. The van der Waals surface area contributed by atoms with Gasteiger partial charge in [0.25, 0.3) is 5.69 Å². The van der Waals surface area contributed by atoms with Crippen LogP contribution in [0.2, 0.25) is 0 Å². The summed E-state index contributed by atoms with van der Waals surface area (Å²) in [7, 11) is 0. The van der Waals surface area contributed by atoms with Crippen molar-refractivity contribution in [3.8, 4) is 11.5 Å². The number of hydrogen-bond donors (Lipinski definition) is 0. The molecule has 0 N–H and O–H groups in total. The van der Waals surface area contributed by atoms with Gasteiger partial charge >= 0.3 is 0 Å². The maximum Gasteiger partial charge on any atom is 0.280 e. The number of rotatable bonds is 5. The molecular weight excluding hydrogens is 311 g/mol. The van der Waals surface area contributed by atoms with E-state index in [0.717, 1.165) is 25.9 Å². The third kappa shape index (κ3) is 3.90. The maximum atomic E-state index is 12.9. The van der Waals surface area contributed by atoms with Crippen molar-refractivity contribution in [3.05, 3.63) is 70.2 Å². The molecule has 124 valence electrons. The molecule has 1 saturated heterocycles. The molecule has 0 saturated carbocycles. The van der Waals surface area contributed by atoms with E-state index in [0.29, 0.717) is 17.1 Å². The zero-order valence-corrected chi connectivity index (χ0v) is 13.0. The Bertz CT molecular complexity index is 753. The van der Waals surface area contributed by atoms with E-state index in [-0.39, 0.29) is 11.5 Å². The van der Waals surface area contributed by atoms with Gasteiger partial charge < -0.3 is 9.64 Å². The van der Waals surface area contributed by atoms with Crippen molar-refractivity contribution in [2.24, 2.45) is 0 Å². The minimum absolute atomic E-state index is 0.0231. The highest BCUT2D eigenvalue weighted by molar-refractivity contribution is 5.62. The fourth-order valence-corrected chi connectivity index (χ4v) is 2.60. The number of ether oxygens (including phenoxy) is 1. The van der Waals surface area contributed by atoms with Crippen molar-refractivity contribution >= 4 is 11.8 Å². The summed E-state index contributed by atoms with van der Waals surface area (Å²) < 4.78 is 18.5. The Labute approximate surface area is 139 Å². The lowest BCUT2D eigenvalue weighted by Crippen LogP contribution is -2.10. The molecule has 0 atom stereocenters. The summed E-state index contributed by atoms with van der Waals surface area (Å²) in [5.41, 5.74) is 0.503. The number of nitro benzene ring substituents is 1. The summed E-state index contributed by atoms with van der Waals surface area (Å²) in [4.78, 5) is 13.0. The molecule has 0 spiro atoms. The van der Waals surface area contributed by atoms with Crippen LogP contribution >= 0.6 is 0 Å². The molecule has 1 aliphatic heterocycles. The van der Waals surface area contributed by atoms with Crippen molar-refractivity contribution in [3.63, 3.8) is 0 Å². The summed E-state index contributed by atoms with van der Waals surface area (Å²) >= 11 is 0. The normalized spacial score (nSPS) is 14.3. The summed E-state index contributed by atoms with van der Waals surface area (Å²) in [5.74, 6) is 0.397. The Morgan fingerprint density at radius 1 is 1.08 bits per heavy atom.